The number of hydrogen-bond acceptors (Lipinski definition) is 5. The third-order valence-corrected chi connectivity index (χ3v) is 5.54. The Morgan fingerprint density at radius 3 is 2.57 bits per heavy atom. The molecule has 114 valence electrons. The average Bonchev–Trinajstić information content (AvgIpc) is 3.02. The van der Waals surface area contributed by atoms with E-state index in [4.69, 9.17) is 5.73 Å². The number of anilines is 2. The van der Waals surface area contributed by atoms with Crippen molar-refractivity contribution in [3.8, 4) is 0 Å². The summed E-state index contributed by atoms with van der Waals surface area (Å²) in [6.07, 6.45) is 3.26. The highest BCUT2D eigenvalue weighted by atomic mass is 32.1. The van der Waals surface area contributed by atoms with Crippen molar-refractivity contribution < 1.29 is 9.59 Å². The number of rotatable bonds is 4. The quantitative estimate of drug-likeness (QED) is 0.836. The van der Waals surface area contributed by atoms with E-state index in [-0.39, 0.29) is 17.7 Å². The lowest BCUT2D eigenvalue weighted by Crippen LogP contribution is -2.35. The molecular weight excluding hydrogens is 286 g/mol. The van der Waals surface area contributed by atoms with Crippen molar-refractivity contribution >= 4 is 33.7 Å². The molecule has 1 aromatic rings. The third-order valence-electron chi connectivity index (χ3n) is 4.15. The number of hydrogen-bond donors (Lipinski definition) is 2. The number of carbonyl (C=O) groups is 2. The number of Topliss-reactive ketones (excluding diaryl/α,β-unsaturated/α-hetero) is 1. The maximum absolute atomic E-state index is 11.8. The van der Waals surface area contributed by atoms with Crippen LogP contribution in [0.25, 0.3) is 0 Å². The highest BCUT2D eigenvalue weighted by Crippen LogP contribution is 2.52. The summed E-state index contributed by atoms with van der Waals surface area (Å²) in [7, 11) is 0. The fourth-order valence-corrected chi connectivity index (χ4v) is 4.30. The first kappa shape index (κ1) is 14.4. The van der Waals surface area contributed by atoms with Gasteiger partial charge in [0.05, 0.1) is 15.6 Å². The minimum Gasteiger partial charge on any atom is -0.397 e. The van der Waals surface area contributed by atoms with Gasteiger partial charge in [-0.05, 0) is 25.2 Å². The van der Waals surface area contributed by atoms with Gasteiger partial charge in [0.2, 0.25) is 5.91 Å². The summed E-state index contributed by atoms with van der Waals surface area (Å²) >= 11 is 1.52. The Morgan fingerprint density at radius 2 is 2.00 bits per heavy atom. The van der Waals surface area contributed by atoms with E-state index in [1.807, 2.05) is 0 Å². The molecule has 0 aromatic carbocycles. The second kappa shape index (κ2) is 5.33. The molecule has 0 spiro atoms. The summed E-state index contributed by atoms with van der Waals surface area (Å²) in [6, 6.07) is 0.193. The van der Waals surface area contributed by atoms with Crippen molar-refractivity contribution in [3.05, 3.63) is 10.4 Å². The summed E-state index contributed by atoms with van der Waals surface area (Å²) in [4.78, 5) is 25.9. The van der Waals surface area contributed by atoms with E-state index in [1.165, 1.54) is 16.9 Å². The molecule has 0 bridgehead atoms. The molecule has 6 heteroatoms. The molecule has 1 unspecified atom stereocenters. The van der Waals surface area contributed by atoms with E-state index in [9.17, 15) is 9.59 Å². The van der Waals surface area contributed by atoms with Gasteiger partial charge in [0.25, 0.3) is 0 Å². The zero-order chi connectivity index (χ0) is 15.1. The maximum atomic E-state index is 11.8. The van der Waals surface area contributed by atoms with E-state index >= 15 is 0 Å². The van der Waals surface area contributed by atoms with Crippen molar-refractivity contribution in [1.82, 2.24) is 5.32 Å². The number of nitrogens with two attached hydrogens (primary N) is 1. The molecule has 1 amide bonds. The summed E-state index contributed by atoms with van der Waals surface area (Å²) < 4.78 is 0. The molecule has 1 aromatic heterocycles. The predicted molar refractivity (Wildman–Crippen MR) is 85.1 cm³/mol. The van der Waals surface area contributed by atoms with Gasteiger partial charge in [-0.2, -0.15) is 0 Å². The van der Waals surface area contributed by atoms with Crippen LogP contribution in [-0.2, 0) is 4.79 Å². The van der Waals surface area contributed by atoms with Crippen molar-refractivity contribution in [2.75, 3.05) is 23.7 Å². The minimum atomic E-state index is 0.0133. The van der Waals surface area contributed by atoms with E-state index in [0.29, 0.717) is 16.5 Å². The van der Waals surface area contributed by atoms with Crippen LogP contribution in [0.5, 0.6) is 0 Å². The van der Waals surface area contributed by atoms with Crippen LogP contribution in [0.3, 0.4) is 0 Å². The third kappa shape index (κ3) is 2.77. The summed E-state index contributed by atoms with van der Waals surface area (Å²) in [6.45, 7) is 4.83. The van der Waals surface area contributed by atoms with Crippen LogP contribution in [0.1, 0.15) is 54.3 Å². The van der Waals surface area contributed by atoms with Crippen LogP contribution >= 0.6 is 11.3 Å². The van der Waals surface area contributed by atoms with Gasteiger partial charge >= 0.3 is 0 Å². The lowest BCUT2D eigenvalue weighted by molar-refractivity contribution is -0.119. The molecule has 1 atom stereocenters. The van der Waals surface area contributed by atoms with Crippen molar-refractivity contribution in [3.63, 3.8) is 0 Å². The largest absolute Gasteiger partial charge is 0.397 e. The molecule has 21 heavy (non-hydrogen) atoms. The summed E-state index contributed by atoms with van der Waals surface area (Å²) in [5.41, 5.74) is 8.08. The van der Waals surface area contributed by atoms with E-state index < -0.39 is 0 Å². The van der Waals surface area contributed by atoms with Gasteiger partial charge in [-0.15, -0.1) is 11.3 Å². The van der Waals surface area contributed by atoms with Crippen LogP contribution in [0.2, 0.25) is 0 Å². The molecule has 2 fully saturated rings. The molecule has 1 saturated carbocycles. The van der Waals surface area contributed by atoms with E-state index in [0.717, 1.165) is 37.4 Å². The maximum Gasteiger partial charge on any atom is 0.217 e. The van der Waals surface area contributed by atoms with E-state index in [1.54, 1.807) is 13.8 Å². The molecule has 3 rings (SSSR count). The Bertz CT molecular complexity index is 592. The van der Waals surface area contributed by atoms with Gasteiger partial charge in [0, 0.05) is 38.5 Å². The molecule has 0 radical (unpaired) electrons. The molecule has 1 aliphatic carbocycles. The first-order valence-corrected chi connectivity index (χ1v) is 8.24. The monoisotopic (exact) mass is 307 g/mol. The van der Waals surface area contributed by atoms with Gasteiger partial charge in [-0.3, -0.25) is 9.59 Å². The normalized spacial score (nSPS) is 21.6. The Kier molecular flexibility index (Phi) is 3.65. The van der Waals surface area contributed by atoms with Crippen LogP contribution in [-0.4, -0.2) is 30.8 Å². The Morgan fingerprint density at radius 1 is 1.29 bits per heavy atom. The van der Waals surface area contributed by atoms with Crippen LogP contribution < -0.4 is 16.0 Å². The number of nitrogen functional groups attached to an aromatic ring is 1. The number of thiophene rings is 1. The average molecular weight is 307 g/mol. The van der Waals surface area contributed by atoms with Crippen LogP contribution in [0.15, 0.2) is 0 Å². The number of carbonyl (C=O) groups excluding carboxylic acids is 2. The van der Waals surface area contributed by atoms with Crippen molar-refractivity contribution in [1.29, 1.82) is 0 Å². The second-order valence-electron chi connectivity index (χ2n) is 6.03. The summed E-state index contributed by atoms with van der Waals surface area (Å²) in [5, 5.41) is 4.12. The van der Waals surface area contributed by atoms with Gasteiger partial charge in [0.1, 0.15) is 0 Å². The van der Waals surface area contributed by atoms with E-state index in [2.05, 4.69) is 10.2 Å². The van der Waals surface area contributed by atoms with Gasteiger partial charge in [-0.25, -0.2) is 0 Å². The second-order valence-corrected chi connectivity index (χ2v) is 7.03. The number of amides is 1. The molecule has 2 heterocycles. The lowest BCUT2D eigenvalue weighted by Gasteiger charge is -2.19. The fraction of sp³-hybridized carbons (Fsp3) is 0.600. The van der Waals surface area contributed by atoms with Crippen molar-refractivity contribution in [2.45, 2.75) is 45.1 Å². The molecule has 1 saturated heterocycles. The molecule has 3 N–H and O–H groups in total. The Hall–Kier alpha value is -1.56. The van der Waals surface area contributed by atoms with Crippen molar-refractivity contribution in [2.24, 2.45) is 0 Å². The highest BCUT2D eigenvalue weighted by Gasteiger charge is 2.35. The highest BCUT2D eigenvalue weighted by molar-refractivity contribution is 7.18. The zero-order valence-corrected chi connectivity index (χ0v) is 13.3. The number of nitrogens with zero attached hydrogens (tertiary/aromatic N) is 1. The van der Waals surface area contributed by atoms with Gasteiger partial charge in [0.15, 0.2) is 5.78 Å². The van der Waals surface area contributed by atoms with Crippen LogP contribution in [0, 0.1) is 0 Å². The van der Waals surface area contributed by atoms with Gasteiger partial charge in [-0.1, -0.05) is 0 Å². The predicted octanol–water partition coefficient (Wildman–Crippen LogP) is 2.13. The lowest BCUT2D eigenvalue weighted by atomic mass is 10.1. The molecule has 1 aliphatic heterocycles. The molecule has 2 aliphatic rings. The fourth-order valence-electron chi connectivity index (χ4n) is 3.06. The minimum absolute atomic E-state index is 0.0133. The topological polar surface area (TPSA) is 75.4 Å². The summed E-state index contributed by atoms with van der Waals surface area (Å²) in [5.74, 6) is 0.576. The first-order valence-electron chi connectivity index (χ1n) is 7.42. The standard InChI is InChI=1S/C15H21N3O2S/c1-8(19)14-13(16)12(10-3-4-10)15(21-14)18-6-5-11(7-18)17-9(2)20/h10-11H,3-7,16H2,1-2H3,(H,17,20). The Labute approximate surface area is 128 Å². The number of ketones is 1. The molecule has 5 nitrogen and oxygen atoms in total. The van der Waals surface area contributed by atoms with Gasteiger partial charge < -0.3 is 16.0 Å². The zero-order valence-electron chi connectivity index (χ0n) is 12.4. The number of nitrogens with one attached hydrogen (secondary N) is 1. The molecular formula is C15H21N3O2S. The Balaban J connectivity index is 1.87. The smallest absolute Gasteiger partial charge is 0.217 e. The first-order chi connectivity index (χ1) is 9.97. The SMILES string of the molecule is CC(=O)NC1CCN(c2sc(C(C)=O)c(N)c2C2CC2)C1. The van der Waals surface area contributed by atoms with Crippen LogP contribution in [0.4, 0.5) is 10.7 Å².